The number of carboxylic acid groups (broad SMARTS) is 2. The Labute approximate surface area is 149 Å². The number of nitrogens with one attached hydrogen (secondary N) is 1. The third-order valence-corrected chi connectivity index (χ3v) is 3.28. The fourth-order valence-electron chi connectivity index (χ4n) is 2.18. The molecule has 3 N–H and O–H groups in total. The summed E-state index contributed by atoms with van der Waals surface area (Å²) in [5, 5.41) is 18.3. The first kappa shape index (κ1) is 18.7. The number of aromatic amines is 1. The first-order valence-electron chi connectivity index (χ1n) is 7.78. The SMILES string of the molecule is CC(=O)O.O=C(O)c1ccc2ccccc2n1.c1ccc2[nH]ccc2c1. The maximum atomic E-state index is 10.6. The van der Waals surface area contributed by atoms with Crippen molar-refractivity contribution in [1.29, 1.82) is 0 Å². The monoisotopic (exact) mass is 350 g/mol. The molecule has 2 aromatic carbocycles. The van der Waals surface area contributed by atoms with Crippen LogP contribution in [-0.4, -0.2) is 32.1 Å². The molecule has 0 aliphatic rings. The molecule has 26 heavy (non-hydrogen) atoms. The quantitative estimate of drug-likeness (QED) is 0.477. The van der Waals surface area contributed by atoms with E-state index in [1.165, 1.54) is 17.0 Å². The predicted octanol–water partition coefficient (Wildman–Crippen LogP) is 4.19. The average molecular weight is 350 g/mol. The van der Waals surface area contributed by atoms with Gasteiger partial charge in [-0.1, -0.05) is 42.5 Å². The Kier molecular flexibility index (Phi) is 6.45. The molecular weight excluding hydrogens is 332 g/mol. The van der Waals surface area contributed by atoms with Gasteiger partial charge in [0.1, 0.15) is 5.69 Å². The molecule has 6 nitrogen and oxygen atoms in total. The van der Waals surface area contributed by atoms with Crippen molar-refractivity contribution in [2.24, 2.45) is 0 Å². The van der Waals surface area contributed by atoms with Gasteiger partial charge >= 0.3 is 5.97 Å². The zero-order valence-electron chi connectivity index (χ0n) is 14.1. The lowest BCUT2D eigenvalue weighted by molar-refractivity contribution is -0.134. The van der Waals surface area contributed by atoms with Crippen molar-refractivity contribution >= 4 is 33.7 Å². The fraction of sp³-hybridized carbons (Fsp3) is 0.0500. The number of carbonyl (C=O) groups is 2. The molecule has 132 valence electrons. The van der Waals surface area contributed by atoms with Crippen molar-refractivity contribution in [3.05, 3.63) is 78.6 Å². The van der Waals surface area contributed by atoms with Crippen LogP contribution < -0.4 is 0 Å². The van der Waals surface area contributed by atoms with Crippen molar-refractivity contribution in [3.8, 4) is 0 Å². The molecular formula is C20H18N2O4. The van der Waals surface area contributed by atoms with Crippen molar-refractivity contribution in [3.63, 3.8) is 0 Å². The second-order valence-electron chi connectivity index (χ2n) is 5.28. The summed E-state index contributed by atoms with van der Waals surface area (Å²) in [7, 11) is 0. The number of H-pyrrole nitrogens is 1. The number of pyridine rings is 1. The number of rotatable bonds is 1. The zero-order chi connectivity index (χ0) is 18.9. The molecule has 4 aromatic rings. The first-order chi connectivity index (χ1) is 12.5. The van der Waals surface area contributed by atoms with E-state index in [-0.39, 0.29) is 5.69 Å². The molecule has 4 rings (SSSR count). The Morgan fingerprint density at radius 3 is 2.12 bits per heavy atom. The number of para-hydroxylation sites is 2. The number of aliphatic carboxylic acids is 1. The Morgan fingerprint density at radius 2 is 1.46 bits per heavy atom. The molecule has 0 atom stereocenters. The summed E-state index contributed by atoms with van der Waals surface area (Å²) in [6.45, 7) is 1.08. The Morgan fingerprint density at radius 1 is 0.846 bits per heavy atom. The lowest BCUT2D eigenvalue weighted by Crippen LogP contribution is -1.99. The highest BCUT2D eigenvalue weighted by Gasteiger charge is 2.03. The van der Waals surface area contributed by atoms with Crippen LogP contribution in [0.4, 0.5) is 0 Å². The van der Waals surface area contributed by atoms with Gasteiger partial charge < -0.3 is 15.2 Å². The molecule has 0 radical (unpaired) electrons. The molecule has 0 aliphatic carbocycles. The second kappa shape index (κ2) is 8.98. The normalized spacial score (nSPS) is 9.58. The number of nitrogens with zero attached hydrogens (tertiary/aromatic N) is 1. The molecule has 2 heterocycles. The van der Waals surface area contributed by atoms with E-state index >= 15 is 0 Å². The van der Waals surface area contributed by atoms with E-state index < -0.39 is 11.9 Å². The molecule has 0 saturated heterocycles. The van der Waals surface area contributed by atoms with Gasteiger partial charge in [0.2, 0.25) is 0 Å². The van der Waals surface area contributed by atoms with Crippen LogP contribution in [0.5, 0.6) is 0 Å². The van der Waals surface area contributed by atoms with Crippen LogP contribution >= 0.6 is 0 Å². The van der Waals surface area contributed by atoms with Gasteiger partial charge in [0, 0.05) is 24.0 Å². The Hall–Kier alpha value is -3.67. The summed E-state index contributed by atoms with van der Waals surface area (Å²) >= 11 is 0. The van der Waals surface area contributed by atoms with Crippen LogP contribution in [0.25, 0.3) is 21.8 Å². The molecule has 2 aromatic heterocycles. The van der Waals surface area contributed by atoms with E-state index in [9.17, 15) is 4.79 Å². The van der Waals surface area contributed by atoms with E-state index in [1.54, 1.807) is 12.1 Å². The minimum atomic E-state index is -0.995. The number of aromatic carboxylic acids is 1. The largest absolute Gasteiger partial charge is 0.481 e. The predicted molar refractivity (Wildman–Crippen MR) is 100 cm³/mol. The minimum Gasteiger partial charge on any atom is -0.481 e. The number of hydrogen-bond acceptors (Lipinski definition) is 3. The summed E-state index contributed by atoms with van der Waals surface area (Å²) < 4.78 is 0. The number of carboxylic acids is 2. The lowest BCUT2D eigenvalue weighted by Gasteiger charge is -1.97. The number of hydrogen-bond donors (Lipinski definition) is 3. The summed E-state index contributed by atoms with van der Waals surface area (Å²) in [5.74, 6) is -1.83. The van der Waals surface area contributed by atoms with Crippen molar-refractivity contribution in [1.82, 2.24) is 9.97 Å². The molecule has 0 amide bonds. The first-order valence-corrected chi connectivity index (χ1v) is 7.78. The fourth-order valence-corrected chi connectivity index (χ4v) is 2.18. The van der Waals surface area contributed by atoms with Gasteiger partial charge in [0.15, 0.2) is 0 Å². The van der Waals surface area contributed by atoms with Gasteiger partial charge in [-0.25, -0.2) is 9.78 Å². The minimum absolute atomic E-state index is 0.0821. The van der Waals surface area contributed by atoms with Crippen LogP contribution in [0.1, 0.15) is 17.4 Å². The standard InChI is InChI=1S/C10H7NO2.C8H7N.C2H4O2/c12-10(13)9-6-5-7-3-1-2-4-8(7)11-9;1-2-4-8-7(3-1)5-6-9-8;1-2(3)4/h1-6H,(H,12,13);1-6,9H;1H3,(H,3,4). The highest BCUT2D eigenvalue weighted by atomic mass is 16.4. The smallest absolute Gasteiger partial charge is 0.354 e. The number of benzene rings is 2. The number of aromatic nitrogens is 2. The van der Waals surface area contributed by atoms with E-state index in [2.05, 4.69) is 28.2 Å². The van der Waals surface area contributed by atoms with Gasteiger partial charge in [-0.15, -0.1) is 0 Å². The summed E-state index contributed by atoms with van der Waals surface area (Å²) in [6.07, 6.45) is 1.95. The van der Waals surface area contributed by atoms with Gasteiger partial charge in [-0.3, -0.25) is 4.79 Å². The molecule has 0 spiro atoms. The highest BCUT2D eigenvalue weighted by Crippen LogP contribution is 2.11. The van der Waals surface area contributed by atoms with Crippen LogP contribution in [-0.2, 0) is 4.79 Å². The van der Waals surface area contributed by atoms with Crippen LogP contribution in [0.3, 0.4) is 0 Å². The van der Waals surface area contributed by atoms with Gasteiger partial charge in [0.25, 0.3) is 5.97 Å². The second-order valence-corrected chi connectivity index (χ2v) is 5.28. The Balaban J connectivity index is 0.000000162. The molecule has 0 bridgehead atoms. The van der Waals surface area contributed by atoms with E-state index in [0.29, 0.717) is 5.52 Å². The van der Waals surface area contributed by atoms with Gasteiger partial charge in [0.05, 0.1) is 5.52 Å². The zero-order valence-corrected chi connectivity index (χ0v) is 14.1. The van der Waals surface area contributed by atoms with Gasteiger partial charge in [-0.2, -0.15) is 0 Å². The lowest BCUT2D eigenvalue weighted by atomic mass is 10.2. The Bertz CT molecular complexity index is 990. The molecule has 0 fully saturated rings. The molecule has 0 aliphatic heterocycles. The highest BCUT2D eigenvalue weighted by molar-refractivity contribution is 5.89. The number of fused-ring (bicyclic) bond motifs is 2. The van der Waals surface area contributed by atoms with Crippen LogP contribution in [0.2, 0.25) is 0 Å². The van der Waals surface area contributed by atoms with Crippen molar-refractivity contribution in [2.45, 2.75) is 6.92 Å². The van der Waals surface area contributed by atoms with E-state index in [0.717, 1.165) is 12.3 Å². The summed E-state index contributed by atoms with van der Waals surface area (Å²) in [6, 6.07) is 21.0. The van der Waals surface area contributed by atoms with Crippen molar-refractivity contribution in [2.75, 3.05) is 0 Å². The van der Waals surface area contributed by atoms with Crippen LogP contribution in [0.15, 0.2) is 72.9 Å². The molecule has 0 saturated carbocycles. The third kappa shape index (κ3) is 5.45. The van der Waals surface area contributed by atoms with Crippen LogP contribution in [0, 0.1) is 0 Å². The average Bonchev–Trinajstić information content (AvgIpc) is 3.10. The van der Waals surface area contributed by atoms with E-state index in [4.69, 9.17) is 15.0 Å². The summed E-state index contributed by atoms with van der Waals surface area (Å²) in [5.41, 5.74) is 2.00. The molecule has 6 heteroatoms. The third-order valence-electron chi connectivity index (χ3n) is 3.28. The van der Waals surface area contributed by atoms with E-state index in [1.807, 2.05) is 36.5 Å². The molecule has 0 unspecified atom stereocenters. The van der Waals surface area contributed by atoms with Gasteiger partial charge in [-0.05, 0) is 29.7 Å². The topological polar surface area (TPSA) is 103 Å². The summed E-state index contributed by atoms with van der Waals surface area (Å²) in [4.78, 5) is 26.7. The van der Waals surface area contributed by atoms with Crippen molar-refractivity contribution < 1.29 is 19.8 Å². The maximum Gasteiger partial charge on any atom is 0.354 e. The maximum absolute atomic E-state index is 10.6.